The van der Waals surface area contributed by atoms with Gasteiger partial charge in [-0.15, -0.1) is 0 Å². The van der Waals surface area contributed by atoms with Crippen LogP contribution in [0.4, 0.5) is 0 Å². The van der Waals surface area contributed by atoms with Gasteiger partial charge in [-0.1, -0.05) is 39.0 Å². The van der Waals surface area contributed by atoms with Gasteiger partial charge in [-0.3, -0.25) is 4.79 Å². The van der Waals surface area contributed by atoms with E-state index in [9.17, 15) is 4.79 Å². The Hall–Kier alpha value is -0.570. The Labute approximate surface area is 105 Å². The minimum absolute atomic E-state index is 0.181. The van der Waals surface area contributed by atoms with Crippen molar-refractivity contribution in [3.05, 3.63) is 0 Å². The van der Waals surface area contributed by atoms with Gasteiger partial charge < -0.3 is 10.4 Å². The number of hydrogen-bond acceptors (Lipinski definition) is 2. The Balaban J connectivity index is 2.04. The molecule has 1 atom stereocenters. The summed E-state index contributed by atoms with van der Waals surface area (Å²) in [5, 5.41) is 11.7. The van der Waals surface area contributed by atoms with Crippen molar-refractivity contribution in [3.63, 3.8) is 0 Å². The Kier molecular flexibility index (Phi) is 7.25. The zero-order valence-corrected chi connectivity index (χ0v) is 11.1. The maximum absolute atomic E-state index is 11.6. The molecule has 1 unspecified atom stereocenters. The van der Waals surface area contributed by atoms with E-state index in [1.54, 1.807) is 0 Å². The average molecular weight is 241 g/mol. The standard InChI is InChI=1S/C14H27NO2/c1-12(9-10-16)11-15-14(17)8-7-13-5-3-2-4-6-13/h12-13,16H,2-11H2,1H3,(H,15,17). The predicted octanol–water partition coefficient (Wildman–Crippen LogP) is 2.48. The van der Waals surface area contributed by atoms with Crippen molar-refractivity contribution >= 4 is 5.91 Å². The number of rotatable bonds is 7. The molecule has 3 heteroatoms. The van der Waals surface area contributed by atoms with Crippen LogP contribution in [0, 0.1) is 11.8 Å². The van der Waals surface area contributed by atoms with Crippen LogP contribution in [0.15, 0.2) is 0 Å². The molecule has 0 spiro atoms. The first-order valence-corrected chi connectivity index (χ1v) is 7.10. The predicted molar refractivity (Wildman–Crippen MR) is 69.7 cm³/mol. The summed E-state index contributed by atoms with van der Waals surface area (Å²) in [6.07, 6.45) is 9.20. The molecule has 1 saturated carbocycles. The van der Waals surface area contributed by atoms with E-state index >= 15 is 0 Å². The van der Waals surface area contributed by atoms with E-state index in [0.29, 0.717) is 18.9 Å². The normalized spacial score (nSPS) is 18.9. The zero-order chi connectivity index (χ0) is 12.5. The van der Waals surface area contributed by atoms with E-state index in [1.807, 2.05) is 0 Å². The van der Waals surface area contributed by atoms with Crippen molar-refractivity contribution in [1.82, 2.24) is 5.32 Å². The van der Waals surface area contributed by atoms with Gasteiger partial charge in [0.1, 0.15) is 0 Å². The maximum atomic E-state index is 11.6. The molecule has 100 valence electrons. The number of carbonyl (C=O) groups excluding carboxylic acids is 1. The molecule has 1 amide bonds. The molecule has 0 aromatic rings. The summed E-state index contributed by atoms with van der Waals surface area (Å²) in [6, 6.07) is 0. The fourth-order valence-corrected chi connectivity index (χ4v) is 2.51. The molecule has 0 aromatic carbocycles. The summed E-state index contributed by atoms with van der Waals surface area (Å²) in [7, 11) is 0. The first-order chi connectivity index (χ1) is 8.22. The number of amides is 1. The Morgan fingerprint density at radius 1 is 1.35 bits per heavy atom. The second-order valence-electron chi connectivity index (χ2n) is 5.46. The molecule has 1 aliphatic rings. The lowest BCUT2D eigenvalue weighted by Crippen LogP contribution is -2.29. The molecule has 0 bridgehead atoms. The third kappa shape index (κ3) is 6.67. The highest BCUT2D eigenvalue weighted by molar-refractivity contribution is 5.75. The van der Waals surface area contributed by atoms with Crippen LogP contribution in [-0.4, -0.2) is 24.2 Å². The second kappa shape index (κ2) is 8.51. The van der Waals surface area contributed by atoms with Crippen molar-refractivity contribution in [2.75, 3.05) is 13.2 Å². The van der Waals surface area contributed by atoms with Crippen LogP contribution in [-0.2, 0) is 4.79 Å². The minimum Gasteiger partial charge on any atom is -0.396 e. The van der Waals surface area contributed by atoms with Crippen molar-refractivity contribution in [3.8, 4) is 0 Å². The third-order valence-electron chi connectivity index (χ3n) is 3.77. The highest BCUT2D eigenvalue weighted by Crippen LogP contribution is 2.27. The molecule has 1 aliphatic carbocycles. The van der Waals surface area contributed by atoms with Crippen LogP contribution < -0.4 is 5.32 Å². The summed E-state index contributed by atoms with van der Waals surface area (Å²) in [5.74, 6) is 1.34. The van der Waals surface area contributed by atoms with Gasteiger partial charge in [0.15, 0.2) is 0 Å². The Morgan fingerprint density at radius 3 is 2.71 bits per heavy atom. The molecule has 3 nitrogen and oxygen atoms in total. The van der Waals surface area contributed by atoms with E-state index in [2.05, 4.69) is 12.2 Å². The van der Waals surface area contributed by atoms with Gasteiger partial charge in [0.05, 0.1) is 0 Å². The number of nitrogens with one attached hydrogen (secondary N) is 1. The van der Waals surface area contributed by atoms with Gasteiger partial charge in [-0.05, 0) is 24.7 Å². The summed E-state index contributed by atoms with van der Waals surface area (Å²) in [6.45, 7) is 2.96. The van der Waals surface area contributed by atoms with Gasteiger partial charge in [-0.25, -0.2) is 0 Å². The summed E-state index contributed by atoms with van der Waals surface area (Å²) in [4.78, 5) is 11.6. The van der Waals surface area contributed by atoms with Crippen LogP contribution in [0.2, 0.25) is 0 Å². The SMILES string of the molecule is CC(CCO)CNC(=O)CCC1CCCCC1. The van der Waals surface area contributed by atoms with Gasteiger partial charge in [0.2, 0.25) is 5.91 Å². The van der Waals surface area contributed by atoms with Crippen LogP contribution in [0.1, 0.15) is 58.3 Å². The number of aliphatic hydroxyl groups excluding tert-OH is 1. The fraction of sp³-hybridized carbons (Fsp3) is 0.929. The third-order valence-corrected chi connectivity index (χ3v) is 3.77. The molecule has 2 N–H and O–H groups in total. The van der Waals surface area contributed by atoms with E-state index in [0.717, 1.165) is 18.8 Å². The second-order valence-corrected chi connectivity index (χ2v) is 5.46. The van der Waals surface area contributed by atoms with E-state index in [1.165, 1.54) is 32.1 Å². The molecular formula is C14H27NO2. The van der Waals surface area contributed by atoms with Crippen molar-refractivity contribution < 1.29 is 9.90 Å². The quantitative estimate of drug-likeness (QED) is 0.719. The largest absolute Gasteiger partial charge is 0.396 e. The van der Waals surface area contributed by atoms with Crippen LogP contribution in [0.25, 0.3) is 0 Å². The average Bonchev–Trinajstić information content (AvgIpc) is 2.35. The van der Waals surface area contributed by atoms with Gasteiger partial charge in [-0.2, -0.15) is 0 Å². The van der Waals surface area contributed by atoms with Crippen molar-refractivity contribution in [2.45, 2.75) is 58.3 Å². The highest BCUT2D eigenvalue weighted by atomic mass is 16.3. The molecule has 0 heterocycles. The van der Waals surface area contributed by atoms with Crippen LogP contribution in [0.5, 0.6) is 0 Å². The van der Waals surface area contributed by atoms with E-state index < -0.39 is 0 Å². The lowest BCUT2D eigenvalue weighted by molar-refractivity contribution is -0.121. The Morgan fingerprint density at radius 2 is 2.06 bits per heavy atom. The summed E-state index contributed by atoms with van der Waals surface area (Å²) < 4.78 is 0. The van der Waals surface area contributed by atoms with Crippen LogP contribution in [0.3, 0.4) is 0 Å². The van der Waals surface area contributed by atoms with Crippen molar-refractivity contribution in [1.29, 1.82) is 0 Å². The molecular weight excluding hydrogens is 214 g/mol. The number of aliphatic hydroxyl groups is 1. The summed E-state index contributed by atoms with van der Waals surface area (Å²) in [5.41, 5.74) is 0. The minimum atomic E-state index is 0.181. The molecule has 17 heavy (non-hydrogen) atoms. The molecule has 0 aromatic heterocycles. The molecule has 1 fully saturated rings. The lowest BCUT2D eigenvalue weighted by Gasteiger charge is -2.21. The first kappa shape index (κ1) is 14.5. The van der Waals surface area contributed by atoms with Crippen molar-refractivity contribution in [2.24, 2.45) is 11.8 Å². The topological polar surface area (TPSA) is 49.3 Å². The van der Waals surface area contributed by atoms with E-state index in [-0.39, 0.29) is 12.5 Å². The highest BCUT2D eigenvalue weighted by Gasteiger charge is 2.14. The molecule has 0 saturated heterocycles. The maximum Gasteiger partial charge on any atom is 0.220 e. The first-order valence-electron chi connectivity index (χ1n) is 7.10. The van der Waals surface area contributed by atoms with Crippen LogP contribution >= 0.6 is 0 Å². The molecule has 0 radical (unpaired) electrons. The number of carbonyl (C=O) groups is 1. The van der Waals surface area contributed by atoms with Gasteiger partial charge >= 0.3 is 0 Å². The van der Waals surface area contributed by atoms with Gasteiger partial charge in [0, 0.05) is 19.6 Å². The fourth-order valence-electron chi connectivity index (χ4n) is 2.51. The lowest BCUT2D eigenvalue weighted by atomic mass is 9.86. The smallest absolute Gasteiger partial charge is 0.220 e. The Bertz CT molecular complexity index is 212. The molecule has 0 aliphatic heterocycles. The number of hydrogen-bond donors (Lipinski definition) is 2. The molecule has 1 rings (SSSR count). The summed E-state index contributed by atoms with van der Waals surface area (Å²) >= 11 is 0. The monoisotopic (exact) mass is 241 g/mol. The van der Waals surface area contributed by atoms with Gasteiger partial charge in [0.25, 0.3) is 0 Å². The zero-order valence-electron chi connectivity index (χ0n) is 11.1. The van der Waals surface area contributed by atoms with E-state index in [4.69, 9.17) is 5.11 Å².